The molecule has 0 unspecified atom stereocenters. The lowest BCUT2D eigenvalue weighted by Crippen LogP contribution is -2.32. The van der Waals surface area contributed by atoms with Gasteiger partial charge in [-0.1, -0.05) is 41.9 Å². The molecule has 1 aliphatic rings. The molecule has 6 heteroatoms. The van der Waals surface area contributed by atoms with Crippen LogP contribution in [0.3, 0.4) is 0 Å². The Morgan fingerprint density at radius 2 is 1.92 bits per heavy atom. The molecule has 0 bridgehead atoms. The van der Waals surface area contributed by atoms with Crippen LogP contribution in [-0.4, -0.2) is 36.2 Å². The molecule has 0 saturated carbocycles. The summed E-state index contributed by atoms with van der Waals surface area (Å²) < 4.78 is 0. The molecule has 2 atom stereocenters. The van der Waals surface area contributed by atoms with Gasteiger partial charge in [0, 0.05) is 29.9 Å². The Kier molecular flexibility index (Phi) is 6.58. The minimum Gasteiger partial charge on any atom is -0.336 e. The SMILES string of the molecule is CSc1ccc(Cl)c(C(=O)N2C[C@@H](N)[C@H](c3ccccc3)C2)c1.Cl. The Hall–Kier alpha value is -1.20. The first kappa shape index (κ1) is 19.1. The zero-order valence-corrected chi connectivity index (χ0v) is 15.7. The van der Waals surface area contributed by atoms with Crippen LogP contribution in [0, 0.1) is 0 Å². The molecule has 1 saturated heterocycles. The number of carbonyl (C=O) groups is 1. The van der Waals surface area contributed by atoms with E-state index in [0.29, 0.717) is 23.7 Å². The average molecular weight is 383 g/mol. The highest BCUT2D eigenvalue weighted by molar-refractivity contribution is 7.98. The number of benzene rings is 2. The Labute approximate surface area is 158 Å². The van der Waals surface area contributed by atoms with Gasteiger partial charge in [-0.15, -0.1) is 24.2 Å². The fraction of sp³-hybridized carbons (Fsp3) is 0.278. The highest BCUT2D eigenvalue weighted by Crippen LogP contribution is 2.30. The molecule has 2 aromatic carbocycles. The number of hydrogen-bond donors (Lipinski definition) is 1. The standard InChI is InChI=1S/C18H19ClN2OS.ClH/c1-23-13-7-8-16(19)14(9-13)18(22)21-10-15(17(20)11-21)12-5-3-2-4-6-12;/h2-9,15,17H,10-11,20H2,1H3;1H/t15-,17+;/m0./s1. The molecular weight excluding hydrogens is 363 g/mol. The normalized spacial score (nSPS) is 19.9. The lowest BCUT2D eigenvalue weighted by Gasteiger charge is -2.17. The second-order valence-corrected chi connectivity index (χ2v) is 7.02. The summed E-state index contributed by atoms with van der Waals surface area (Å²) in [6, 6.07) is 15.6. The summed E-state index contributed by atoms with van der Waals surface area (Å²) in [6.07, 6.45) is 1.98. The van der Waals surface area contributed by atoms with Crippen molar-refractivity contribution >= 4 is 41.7 Å². The lowest BCUT2D eigenvalue weighted by molar-refractivity contribution is 0.0789. The number of nitrogens with two attached hydrogens (primary N) is 1. The van der Waals surface area contributed by atoms with Crippen LogP contribution in [0.5, 0.6) is 0 Å². The van der Waals surface area contributed by atoms with Gasteiger partial charge in [0.1, 0.15) is 0 Å². The number of rotatable bonds is 3. The summed E-state index contributed by atoms with van der Waals surface area (Å²) in [6.45, 7) is 1.18. The van der Waals surface area contributed by atoms with Crippen molar-refractivity contribution in [2.45, 2.75) is 16.9 Å². The molecule has 1 fully saturated rings. The highest BCUT2D eigenvalue weighted by Gasteiger charge is 2.34. The van der Waals surface area contributed by atoms with Crippen molar-refractivity contribution in [1.29, 1.82) is 0 Å². The van der Waals surface area contributed by atoms with Gasteiger partial charge >= 0.3 is 0 Å². The topological polar surface area (TPSA) is 46.3 Å². The van der Waals surface area contributed by atoms with Crippen LogP contribution in [-0.2, 0) is 0 Å². The van der Waals surface area contributed by atoms with Gasteiger partial charge in [0.2, 0.25) is 0 Å². The van der Waals surface area contributed by atoms with Crippen LogP contribution >= 0.6 is 35.8 Å². The maximum Gasteiger partial charge on any atom is 0.255 e. The van der Waals surface area contributed by atoms with Crippen molar-refractivity contribution in [1.82, 2.24) is 4.90 Å². The molecule has 3 nitrogen and oxygen atoms in total. The van der Waals surface area contributed by atoms with Crippen LogP contribution < -0.4 is 5.73 Å². The van der Waals surface area contributed by atoms with E-state index < -0.39 is 0 Å². The van der Waals surface area contributed by atoms with Crippen molar-refractivity contribution in [2.24, 2.45) is 5.73 Å². The van der Waals surface area contributed by atoms with Crippen LogP contribution in [0.15, 0.2) is 53.4 Å². The number of amides is 1. The third kappa shape index (κ3) is 3.89. The molecule has 24 heavy (non-hydrogen) atoms. The summed E-state index contributed by atoms with van der Waals surface area (Å²) in [7, 11) is 0. The van der Waals surface area contributed by atoms with Crippen molar-refractivity contribution in [3.05, 3.63) is 64.7 Å². The maximum absolute atomic E-state index is 12.8. The van der Waals surface area contributed by atoms with Crippen molar-refractivity contribution in [2.75, 3.05) is 19.3 Å². The number of nitrogens with zero attached hydrogens (tertiary/aromatic N) is 1. The van der Waals surface area contributed by atoms with Crippen LogP contribution in [0.25, 0.3) is 0 Å². The Balaban J connectivity index is 0.00000208. The fourth-order valence-electron chi connectivity index (χ4n) is 3.01. The Morgan fingerprint density at radius 1 is 1.21 bits per heavy atom. The Morgan fingerprint density at radius 3 is 2.58 bits per heavy atom. The summed E-state index contributed by atoms with van der Waals surface area (Å²) in [5.74, 6) is 0.127. The second-order valence-electron chi connectivity index (χ2n) is 5.74. The largest absolute Gasteiger partial charge is 0.336 e. The second kappa shape index (κ2) is 8.26. The van der Waals surface area contributed by atoms with Crippen LogP contribution in [0.1, 0.15) is 21.8 Å². The molecule has 1 heterocycles. The molecular formula is C18H20Cl2N2OS. The van der Waals surface area contributed by atoms with E-state index in [0.717, 1.165) is 4.90 Å². The molecule has 0 aromatic heterocycles. The minimum absolute atomic E-state index is 0. The molecule has 1 aliphatic heterocycles. The van der Waals surface area contributed by atoms with Gasteiger partial charge in [0.25, 0.3) is 5.91 Å². The van der Waals surface area contributed by atoms with Crippen LogP contribution in [0.2, 0.25) is 5.02 Å². The maximum atomic E-state index is 12.8. The number of hydrogen-bond acceptors (Lipinski definition) is 3. The number of carbonyl (C=O) groups excluding carboxylic acids is 1. The fourth-order valence-corrected chi connectivity index (χ4v) is 3.65. The van der Waals surface area contributed by atoms with E-state index in [2.05, 4.69) is 12.1 Å². The van der Waals surface area contributed by atoms with Gasteiger partial charge in [-0.3, -0.25) is 4.79 Å². The molecule has 0 radical (unpaired) electrons. The highest BCUT2D eigenvalue weighted by atomic mass is 35.5. The first-order valence-corrected chi connectivity index (χ1v) is 9.13. The van der Waals surface area contributed by atoms with E-state index in [1.54, 1.807) is 17.8 Å². The third-order valence-electron chi connectivity index (χ3n) is 4.28. The summed E-state index contributed by atoms with van der Waals surface area (Å²) >= 11 is 7.82. The number of halogens is 2. The van der Waals surface area contributed by atoms with E-state index in [1.165, 1.54) is 5.56 Å². The minimum atomic E-state index is -0.0520. The average Bonchev–Trinajstić information content (AvgIpc) is 2.97. The number of thioether (sulfide) groups is 1. The van der Waals surface area contributed by atoms with Gasteiger partial charge in [0.15, 0.2) is 0 Å². The van der Waals surface area contributed by atoms with E-state index in [4.69, 9.17) is 17.3 Å². The van der Waals surface area contributed by atoms with E-state index in [1.807, 2.05) is 41.5 Å². The molecule has 128 valence electrons. The van der Waals surface area contributed by atoms with Gasteiger partial charge in [-0.25, -0.2) is 0 Å². The van der Waals surface area contributed by atoms with E-state index >= 15 is 0 Å². The van der Waals surface area contributed by atoms with Gasteiger partial charge in [-0.2, -0.15) is 0 Å². The number of likely N-dealkylation sites (tertiary alicyclic amines) is 1. The monoisotopic (exact) mass is 382 g/mol. The predicted molar refractivity (Wildman–Crippen MR) is 104 cm³/mol. The van der Waals surface area contributed by atoms with Crippen molar-refractivity contribution < 1.29 is 4.79 Å². The van der Waals surface area contributed by atoms with Crippen molar-refractivity contribution in [3.63, 3.8) is 0 Å². The quantitative estimate of drug-likeness (QED) is 0.814. The van der Waals surface area contributed by atoms with Gasteiger partial charge in [0.05, 0.1) is 10.6 Å². The molecule has 0 aliphatic carbocycles. The Bertz CT molecular complexity index is 711. The molecule has 3 rings (SSSR count). The zero-order chi connectivity index (χ0) is 16.4. The van der Waals surface area contributed by atoms with Gasteiger partial charge in [-0.05, 0) is 30.0 Å². The smallest absolute Gasteiger partial charge is 0.255 e. The van der Waals surface area contributed by atoms with Gasteiger partial charge < -0.3 is 10.6 Å². The van der Waals surface area contributed by atoms with E-state index in [9.17, 15) is 4.79 Å². The third-order valence-corrected chi connectivity index (χ3v) is 5.34. The predicted octanol–water partition coefficient (Wildman–Crippen LogP) is 4.05. The molecule has 1 amide bonds. The first-order chi connectivity index (χ1) is 11.1. The zero-order valence-electron chi connectivity index (χ0n) is 13.3. The molecule has 2 aromatic rings. The summed E-state index contributed by atoms with van der Waals surface area (Å²) in [5.41, 5.74) is 8.02. The van der Waals surface area contributed by atoms with Crippen molar-refractivity contribution in [3.8, 4) is 0 Å². The molecule has 0 spiro atoms. The summed E-state index contributed by atoms with van der Waals surface area (Å²) in [5, 5.41) is 0.490. The van der Waals surface area contributed by atoms with E-state index in [-0.39, 0.29) is 30.3 Å². The summed E-state index contributed by atoms with van der Waals surface area (Å²) in [4.78, 5) is 15.7. The molecule has 2 N–H and O–H groups in total. The first-order valence-electron chi connectivity index (χ1n) is 7.53. The van der Waals surface area contributed by atoms with Crippen LogP contribution in [0.4, 0.5) is 0 Å². The lowest BCUT2D eigenvalue weighted by atomic mass is 9.95.